The van der Waals surface area contributed by atoms with Gasteiger partial charge in [-0.1, -0.05) is 31.9 Å². The third-order valence-electron chi connectivity index (χ3n) is 4.40. The number of carbonyl (C=O) groups excluding carboxylic acids is 2. The van der Waals surface area contributed by atoms with Crippen LogP contribution in [-0.2, 0) is 4.79 Å². The Balaban J connectivity index is 0.00000264. The monoisotopic (exact) mass is 342 g/mol. The second-order valence-corrected chi connectivity index (χ2v) is 6.22. The van der Waals surface area contributed by atoms with E-state index in [2.05, 4.69) is 5.32 Å². The van der Waals surface area contributed by atoms with Crippen molar-refractivity contribution >= 4 is 24.1 Å². The fraction of sp³-hybridized carbons (Fsp3) is 0.529. The maximum atomic E-state index is 13.2. The summed E-state index contributed by atoms with van der Waals surface area (Å²) in [4.78, 5) is 24.4. The van der Waals surface area contributed by atoms with Crippen molar-refractivity contribution in [3.05, 3.63) is 35.6 Å². The molecular formula is C17H24ClFN2O2. The fourth-order valence-electron chi connectivity index (χ4n) is 3.08. The summed E-state index contributed by atoms with van der Waals surface area (Å²) in [6, 6.07) is 5.56. The molecule has 0 saturated heterocycles. The predicted octanol–water partition coefficient (Wildman–Crippen LogP) is 2.84. The van der Waals surface area contributed by atoms with Gasteiger partial charge in [-0.25, -0.2) is 4.39 Å². The van der Waals surface area contributed by atoms with Gasteiger partial charge in [0.1, 0.15) is 5.82 Å². The molecule has 0 spiro atoms. The summed E-state index contributed by atoms with van der Waals surface area (Å²) in [6.07, 6.45) is 4.00. The average Bonchev–Trinajstić information content (AvgIpc) is 2.95. The first-order chi connectivity index (χ1) is 10.5. The van der Waals surface area contributed by atoms with Crippen LogP contribution in [0.4, 0.5) is 4.39 Å². The normalized spacial score (nSPS) is 17.2. The van der Waals surface area contributed by atoms with Crippen LogP contribution in [0.5, 0.6) is 0 Å². The van der Waals surface area contributed by atoms with Gasteiger partial charge in [0, 0.05) is 24.4 Å². The van der Waals surface area contributed by atoms with E-state index in [4.69, 9.17) is 5.73 Å². The lowest BCUT2D eigenvalue weighted by molar-refractivity contribution is -0.123. The molecule has 128 valence electrons. The highest BCUT2D eigenvalue weighted by Crippen LogP contribution is 2.29. The molecule has 0 aliphatic heterocycles. The molecule has 1 unspecified atom stereocenters. The molecule has 0 radical (unpaired) electrons. The van der Waals surface area contributed by atoms with Crippen LogP contribution in [0.3, 0.4) is 0 Å². The van der Waals surface area contributed by atoms with Crippen molar-refractivity contribution in [2.24, 2.45) is 11.7 Å². The van der Waals surface area contributed by atoms with Crippen LogP contribution in [0.25, 0.3) is 0 Å². The summed E-state index contributed by atoms with van der Waals surface area (Å²) in [5.41, 5.74) is 5.79. The minimum absolute atomic E-state index is 0. The van der Waals surface area contributed by atoms with Crippen LogP contribution in [0, 0.1) is 11.7 Å². The highest BCUT2D eigenvalue weighted by atomic mass is 35.5. The van der Waals surface area contributed by atoms with Crippen molar-refractivity contribution in [3.8, 4) is 0 Å². The standard InChI is InChI=1S/C17H23FN2O2.ClH/c1-12(16(22)13-5-4-6-14(18)10-13)9-15(21)20-17(11-19)7-2-3-8-17;/h4-6,10,12H,2-3,7-9,11,19H2,1H3,(H,20,21);1H. The summed E-state index contributed by atoms with van der Waals surface area (Å²) >= 11 is 0. The van der Waals surface area contributed by atoms with Crippen molar-refractivity contribution in [1.29, 1.82) is 0 Å². The zero-order chi connectivity index (χ0) is 16.2. The number of ketones is 1. The molecular weight excluding hydrogens is 319 g/mol. The zero-order valence-corrected chi connectivity index (χ0v) is 14.1. The second-order valence-electron chi connectivity index (χ2n) is 6.22. The third kappa shape index (κ3) is 5.01. The first kappa shape index (κ1) is 19.6. The van der Waals surface area contributed by atoms with Gasteiger partial charge in [-0.15, -0.1) is 12.4 Å². The lowest BCUT2D eigenvalue weighted by Crippen LogP contribution is -2.52. The van der Waals surface area contributed by atoms with Crippen molar-refractivity contribution in [1.82, 2.24) is 5.32 Å². The van der Waals surface area contributed by atoms with Gasteiger partial charge in [0.05, 0.1) is 5.54 Å². The van der Waals surface area contributed by atoms with Gasteiger partial charge in [-0.05, 0) is 25.0 Å². The molecule has 1 aromatic carbocycles. The SMILES string of the molecule is CC(CC(=O)NC1(CN)CCCC1)C(=O)c1cccc(F)c1.Cl. The van der Waals surface area contributed by atoms with E-state index in [1.807, 2.05) is 0 Å². The number of nitrogens with two attached hydrogens (primary N) is 1. The molecule has 1 aromatic rings. The molecule has 1 amide bonds. The molecule has 0 heterocycles. The summed E-state index contributed by atoms with van der Waals surface area (Å²) in [7, 11) is 0. The lowest BCUT2D eigenvalue weighted by atomic mass is 9.94. The Morgan fingerprint density at radius 2 is 2.00 bits per heavy atom. The number of halogens is 2. The summed E-state index contributed by atoms with van der Waals surface area (Å²) < 4.78 is 13.2. The summed E-state index contributed by atoms with van der Waals surface area (Å²) in [6.45, 7) is 2.11. The Kier molecular flexibility index (Phi) is 7.16. The first-order valence-electron chi connectivity index (χ1n) is 7.77. The van der Waals surface area contributed by atoms with Gasteiger partial charge >= 0.3 is 0 Å². The molecule has 2 rings (SSSR count). The number of hydrogen-bond donors (Lipinski definition) is 2. The highest BCUT2D eigenvalue weighted by Gasteiger charge is 2.34. The smallest absolute Gasteiger partial charge is 0.221 e. The third-order valence-corrected chi connectivity index (χ3v) is 4.40. The van der Waals surface area contributed by atoms with Crippen molar-refractivity contribution in [2.45, 2.75) is 44.6 Å². The van der Waals surface area contributed by atoms with Crippen molar-refractivity contribution in [2.75, 3.05) is 6.54 Å². The van der Waals surface area contributed by atoms with Crippen LogP contribution >= 0.6 is 12.4 Å². The number of amides is 1. The summed E-state index contributed by atoms with van der Waals surface area (Å²) in [5, 5.41) is 3.00. The molecule has 6 heteroatoms. The van der Waals surface area contributed by atoms with E-state index in [1.165, 1.54) is 18.2 Å². The van der Waals surface area contributed by atoms with Crippen molar-refractivity contribution in [3.63, 3.8) is 0 Å². The molecule has 1 aliphatic rings. The molecule has 1 fully saturated rings. The second kappa shape index (κ2) is 8.41. The van der Waals surface area contributed by atoms with Crippen LogP contribution in [0.1, 0.15) is 49.4 Å². The molecule has 0 bridgehead atoms. The van der Waals surface area contributed by atoms with Gasteiger partial charge in [0.25, 0.3) is 0 Å². The highest BCUT2D eigenvalue weighted by molar-refractivity contribution is 5.99. The van der Waals surface area contributed by atoms with E-state index in [1.54, 1.807) is 13.0 Å². The zero-order valence-electron chi connectivity index (χ0n) is 13.3. The van der Waals surface area contributed by atoms with E-state index in [9.17, 15) is 14.0 Å². The molecule has 1 atom stereocenters. The van der Waals surface area contributed by atoms with Gasteiger partial charge in [0.15, 0.2) is 5.78 Å². The van der Waals surface area contributed by atoms with E-state index in [0.29, 0.717) is 12.1 Å². The number of hydrogen-bond acceptors (Lipinski definition) is 3. The van der Waals surface area contributed by atoms with E-state index >= 15 is 0 Å². The van der Waals surface area contributed by atoms with Crippen molar-refractivity contribution < 1.29 is 14.0 Å². The minimum atomic E-state index is -0.488. The van der Waals surface area contributed by atoms with Gasteiger partial charge in [-0.3, -0.25) is 9.59 Å². The Morgan fingerprint density at radius 3 is 2.57 bits per heavy atom. The number of rotatable bonds is 6. The Labute approximate surface area is 142 Å². The lowest BCUT2D eigenvalue weighted by Gasteiger charge is -2.29. The maximum absolute atomic E-state index is 13.2. The largest absolute Gasteiger partial charge is 0.349 e. The van der Waals surface area contributed by atoms with E-state index in [-0.39, 0.29) is 36.1 Å². The van der Waals surface area contributed by atoms with Gasteiger partial charge in [-0.2, -0.15) is 0 Å². The van der Waals surface area contributed by atoms with Gasteiger partial charge in [0.2, 0.25) is 5.91 Å². The Bertz CT molecular complexity index is 559. The van der Waals surface area contributed by atoms with Crippen LogP contribution < -0.4 is 11.1 Å². The topological polar surface area (TPSA) is 72.2 Å². The van der Waals surface area contributed by atoms with E-state index < -0.39 is 11.7 Å². The van der Waals surface area contributed by atoms with Crippen LogP contribution in [0.15, 0.2) is 24.3 Å². The molecule has 1 aliphatic carbocycles. The molecule has 4 nitrogen and oxygen atoms in total. The average molecular weight is 343 g/mol. The first-order valence-corrected chi connectivity index (χ1v) is 7.77. The maximum Gasteiger partial charge on any atom is 0.221 e. The predicted molar refractivity (Wildman–Crippen MR) is 90.2 cm³/mol. The number of carbonyl (C=O) groups is 2. The Hall–Kier alpha value is -1.46. The van der Waals surface area contributed by atoms with Crippen LogP contribution in [-0.4, -0.2) is 23.8 Å². The molecule has 23 heavy (non-hydrogen) atoms. The number of Topliss-reactive ketones (excluding diaryl/α,β-unsaturated/α-hetero) is 1. The van der Waals surface area contributed by atoms with Crippen LogP contribution in [0.2, 0.25) is 0 Å². The summed E-state index contributed by atoms with van der Waals surface area (Å²) in [5.74, 6) is -1.32. The number of nitrogens with one attached hydrogen (secondary N) is 1. The molecule has 0 aromatic heterocycles. The van der Waals surface area contributed by atoms with E-state index in [0.717, 1.165) is 25.7 Å². The number of benzene rings is 1. The molecule has 1 saturated carbocycles. The quantitative estimate of drug-likeness (QED) is 0.781. The fourth-order valence-corrected chi connectivity index (χ4v) is 3.08. The van der Waals surface area contributed by atoms with Gasteiger partial charge < -0.3 is 11.1 Å². The molecule has 3 N–H and O–H groups in total. The Morgan fingerprint density at radius 1 is 1.35 bits per heavy atom. The minimum Gasteiger partial charge on any atom is -0.349 e.